The van der Waals surface area contributed by atoms with Crippen LogP contribution in [-0.4, -0.2) is 25.2 Å². The van der Waals surface area contributed by atoms with Gasteiger partial charge in [-0.2, -0.15) is 5.10 Å². The molecule has 0 spiro atoms. The molecule has 2 aromatic rings. The number of halogens is 1. The standard InChI is InChI=1S/C11H12ClN3O3S/c1-2-18-11-9(12)4-3-5-10(11)15-19(16,17)8-6-13-14-7-8/h3-7,15H,2H2,1H3,(H,13,14). The summed E-state index contributed by atoms with van der Waals surface area (Å²) in [7, 11) is -3.71. The number of nitrogens with one attached hydrogen (secondary N) is 2. The van der Waals surface area contributed by atoms with Crippen molar-refractivity contribution in [3.63, 3.8) is 0 Å². The summed E-state index contributed by atoms with van der Waals surface area (Å²) in [5.41, 5.74) is 0.288. The maximum absolute atomic E-state index is 12.1. The van der Waals surface area contributed by atoms with E-state index in [1.54, 1.807) is 25.1 Å². The Hall–Kier alpha value is -1.73. The topological polar surface area (TPSA) is 84.1 Å². The molecule has 0 radical (unpaired) electrons. The summed E-state index contributed by atoms with van der Waals surface area (Å²) in [6.45, 7) is 2.17. The van der Waals surface area contributed by atoms with Crippen LogP contribution < -0.4 is 9.46 Å². The zero-order valence-electron chi connectivity index (χ0n) is 10.1. The largest absolute Gasteiger partial charge is 0.490 e. The smallest absolute Gasteiger partial charge is 0.265 e. The Morgan fingerprint density at radius 3 is 2.89 bits per heavy atom. The molecule has 0 fully saturated rings. The Bertz CT molecular complexity index is 656. The number of ether oxygens (including phenoxy) is 1. The van der Waals surface area contributed by atoms with Crippen molar-refractivity contribution < 1.29 is 13.2 Å². The Kier molecular flexibility index (Phi) is 3.96. The van der Waals surface area contributed by atoms with Crippen molar-refractivity contribution in [1.82, 2.24) is 10.2 Å². The molecule has 0 unspecified atom stereocenters. The van der Waals surface area contributed by atoms with Crippen molar-refractivity contribution in [2.45, 2.75) is 11.8 Å². The molecule has 0 saturated heterocycles. The van der Waals surface area contributed by atoms with Gasteiger partial charge in [-0.05, 0) is 19.1 Å². The maximum Gasteiger partial charge on any atom is 0.265 e. The minimum atomic E-state index is -3.71. The first-order chi connectivity index (χ1) is 9.04. The monoisotopic (exact) mass is 301 g/mol. The quantitative estimate of drug-likeness (QED) is 0.887. The molecule has 6 nitrogen and oxygen atoms in total. The second kappa shape index (κ2) is 5.50. The molecule has 0 amide bonds. The van der Waals surface area contributed by atoms with Crippen LogP contribution in [0.15, 0.2) is 35.5 Å². The van der Waals surface area contributed by atoms with Gasteiger partial charge in [-0.3, -0.25) is 9.82 Å². The van der Waals surface area contributed by atoms with E-state index in [0.29, 0.717) is 17.4 Å². The van der Waals surface area contributed by atoms with E-state index in [1.807, 2.05) is 0 Å². The van der Waals surface area contributed by atoms with Gasteiger partial charge in [0.2, 0.25) is 0 Å². The fraction of sp³-hybridized carbons (Fsp3) is 0.182. The van der Waals surface area contributed by atoms with E-state index < -0.39 is 10.0 Å². The van der Waals surface area contributed by atoms with Crippen LogP contribution in [0.4, 0.5) is 5.69 Å². The molecule has 19 heavy (non-hydrogen) atoms. The van der Waals surface area contributed by atoms with E-state index in [-0.39, 0.29) is 10.6 Å². The van der Waals surface area contributed by atoms with Gasteiger partial charge in [-0.15, -0.1) is 0 Å². The molecule has 1 aromatic heterocycles. The molecule has 0 aliphatic carbocycles. The van der Waals surface area contributed by atoms with Gasteiger partial charge in [0.1, 0.15) is 4.90 Å². The fourth-order valence-corrected chi connectivity index (χ4v) is 2.67. The van der Waals surface area contributed by atoms with Gasteiger partial charge in [0.05, 0.1) is 23.5 Å². The minimum Gasteiger partial charge on any atom is -0.490 e. The number of nitrogens with zero attached hydrogens (tertiary/aromatic N) is 1. The normalized spacial score (nSPS) is 11.3. The first-order valence-corrected chi connectivity index (χ1v) is 7.33. The Morgan fingerprint density at radius 2 is 2.26 bits per heavy atom. The maximum atomic E-state index is 12.1. The van der Waals surface area contributed by atoms with Gasteiger partial charge < -0.3 is 4.74 Å². The van der Waals surface area contributed by atoms with Crippen LogP contribution in [-0.2, 0) is 10.0 Å². The molecular formula is C11H12ClN3O3S. The molecule has 8 heteroatoms. The fourth-order valence-electron chi connectivity index (χ4n) is 1.47. The van der Waals surface area contributed by atoms with E-state index in [4.69, 9.17) is 16.3 Å². The number of sulfonamides is 1. The summed E-state index contributed by atoms with van der Waals surface area (Å²) in [6.07, 6.45) is 2.50. The molecule has 1 aromatic carbocycles. The Balaban J connectivity index is 2.36. The number of benzene rings is 1. The summed E-state index contributed by atoms with van der Waals surface area (Å²) < 4.78 is 31.9. The third-order valence-corrected chi connectivity index (χ3v) is 3.91. The summed E-state index contributed by atoms with van der Waals surface area (Å²) in [5, 5.41) is 6.39. The molecule has 0 bridgehead atoms. The number of anilines is 1. The van der Waals surface area contributed by atoms with Crippen LogP contribution in [0, 0.1) is 0 Å². The summed E-state index contributed by atoms with van der Waals surface area (Å²) in [4.78, 5) is 0.0370. The van der Waals surface area contributed by atoms with Crippen LogP contribution >= 0.6 is 11.6 Å². The SMILES string of the molecule is CCOc1c(Cl)cccc1NS(=O)(=O)c1cn[nH]c1. The van der Waals surface area contributed by atoms with E-state index in [2.05, 4.69) is 14.9 Å². The molecule has 102 valence electrons. The third-order valence-electron chi connectivity index (χ3n) is 2.28. The summed E-state index contributed by atoms with van der Waals surface area (Å²) in [5.74, 6) is 0.304. The second-order valence-electron chi connectivity index (χ2n) is 3.59. The number of hydrogen-bond acceptors (Lipinski definition) is 4. The van der Waals surface area contributed by atoms with Gasteiger partial charge in [0.15, 0.2) is 5.75 Å². The van der Waals surface area contributed by atoms with E-state index in [1.165, 1.54) is 12.4 Å². The van der Waals surface area contributed by atoms with Crippen LogP contribution in [0.25, 0.3) is 0 Å². The number of hydrogen-bond donors (Lipinski definition) is 2. The Labute approximate surface area is 115 Å². The number of para-hydroxylation sites is 1. The van der Waals surface area contributed by atoms with Crippen LogP contribution in [0.5, 0.6) is 5.75 Å². The Morgan fingerprint density at radius 1 is 1.47 bits per heavy atom. The first kappa shape index (κ1) is 13.7. The van der Waals surface area contributed by atoms with Gasteiger partial charge in [-0.25, -0.2) is 8.42 Å². The lowest BCUT2D eigenvalue weighted by atomic mass is 10.3. The van der Waals surface area contributed by atoms with Crippen LogP contribution in [0.3, 0.4) is 0 Å². The van der Waals surface area contributed by atoms with Gasteiger partial charge in [0, 0.05) is 6.20 Å². The lowest BCUT2D eigenvalue weighted by molar-refractivity contribution is 0.342. The van der Waals surface area contributed by atoms with Crippen LogP contribution in [0.2, 0.25) is 5.02 Å². The van der Waals surface area contributed by atoms with Gasteiger partial charge >= 0.3 is 0 Å². The van der Waals surface area contributed by atoms with Crippen molar-refractivity contribution in [2.75, 3.05) is 11.3 Å². The zero-order valence-corrected chi connectivity index (χ0v) is 11.6. The predicted molar refractivity (Wildman–Crippen MR) is 72.0 cm³/mol. The molecule has 1 heterocycles. The second-order valence-corrected chi connectivity index (χ2v) is 5.68. The van der Waals surface area contributed by atoms with Crippen molar-refractivity contribution >= 4 is 27.3 Å². The molecular weight excluding hydrogens is 290 g/mol. The van der Waals surface area contributed by atoms with E-state index >= 15 is 0 Å². The summed E-state index contributed by atoms with van der Waals surface area (Å²) in [6, 6.07) is 4.84. The third kappa shape index (κ3) is 2.99. The van der Waals surface area contributed by atoms with E-state index in [9.17, 15) is 8.42 Å². The van der Waals surface area contributed by atoms with Gasteiger partial charge in [-0.1, -0.05) is 17.7 Å². The molecule has 0 aliphatic rings. The highest BCUT2D eigenvalue weighted by Crippen LogP contribution is 2.34. The van der Waals surface area contributed by atoms with Crippen molar-refractivity contribution in [3.8, 4) is 5.75 Å². The molecule has 2 rings (SSSR count). The zero-order chi connectivity index (χ0) is 13.9. The minimum absolute atomic E-state index is 0.0370. The number of H-pyrrole nitrogens is 1. The summed E-state index contributed by atoms with van der Waals surface area (Å²) >= 11 is 5.98. The highest BCUT2D eigenvalue weighted by atomic mass is 35.5. The molecule has 0 saturated carbocycles. The number of aromatic amines is 1. The highest BCUT2D eigenvalue weighted by molar-refractivity contribution is 7.92. The first-order valence-electron chi connectivity index (χ1n) is 5.47. The predicted octanol–water partition coefficient (Wildman–Crippen LogP) is 2.26. The van der Waals surface area contributed by atoms with Gasteiger partial charge in [0.25, 0.3) is 10.0 Å². The van der Waals surface area contributed by atoms with Crippen molar-refractivity contribution in [1.29, 1.82) is 0 Å². The van der Waals surface area contributed by atoms with Crippen LogP contribution in [0.1, 0.15) is 6.92 Å². The lowest BCUT2D eigenvalue weighted by Gasteiger charge is -2.13. The van der Waals surface area contributed by atoms with Crippen molar-refractivity contribution in [2.24, 2.45) is 0 Å². The van der Waals surface area contributed by atoms with E-state index in [0.717, 1.165) is 0 Å². The molecule has 0 aliphatic heterocycles. The average Bonchev–Trinajstić information content (AvgIpc) is 2.88. The number of rotatable bonds is 5. The van der Waals surface area contributed by atoms with Crippen molar-refractivity contribution in [3.05, 3.63) is 35.6 Å². The highest BCUT2D eigenvalue weighted by Gasteiger charge is 2.18. The number of aromatic nitrogens is 2. The average molecular weight is 302 g/mol. The molecule has 0 atom stereocenters. The lowest BCUT2D eigenvalue weighted by Crippen LogP contribution is -2.13. The molecule has 2 N–H and O–H groups in total.